The van der Waals surface area contributed by atoms with Crippen LogP contribution in [0.1, 0.15) is 87.0 Å². The minimum absolute atomic E-state index is 0.0111. The van der Waals surface area contributed by atoms with Crippen molar-refractivity contribution in [1.82, 2.24) is 0 Å². The first-order chi connectivity index (χ1) is 16.2. The highest BCUT2D eigenvalue weighted by Gasteiger charge is 2.93. The number of Topliss-reactive ketones (excluding diaryl/α,β-unsaturated/α-hetero) is 2. The number of halogens is 1. The molecule has 2 spiro atoms. The van der Waals surface area contributed by atoms with Crippen molar-refractivity contribution in [2.24, 2.45) is 45.3 Å². The van der Waals surface area contributed by atoms with Gasteiger partial charge in [-0.15, -0.1) is 0 Å². The lowest BCUT2D eigenvalue weighted by Gasteiger charge is -2.72. The van der Waals surface area contributed by atoms with Gasteiger partial charge >= 0.3 is 0 Å². The summed E-state index contributed by atoms with van der Waals surface area (Å²) in [5.74, 6) is -2.58. The summed E-state index contributed by atoms with van der Waals surface area (Å²) in [6, 6.07) is 0. The first-order valence-corrected chi connectivity index (χ1v) is 14.6. The van der Waals surface area contributed by atoms with Crippen molar-refractivity contribution in [2.75, 3.05) is 0 Å². The number of rotatable bonds is 2. The fourth-order valence-electron chi connectivity index (χ4n) is 10.7. The highest BCUT2D eigenvalue weighted by atomic mass is 79.9. The lowest BCUT2D eigenvalue weighted by atomic mass is 9.28. The highest BCUT2D eigenvalue weighted by Crippen LogP contribution is 2.84. The molecule has 0 amide bonds. The van der Waals surface area contributed by atoms with Crippen LogP contribution in [0.3, 0.4) is 0 Å². The Bertz CT molecular complexity index is 1100. The largest absolute Gasteiger partial charge is 0.359 e. The Balaban J connectivity index is 1.74. The van der Waals surface area contributed by atoms with Crippen molar-refractivity contribution >= 4 is 27.5 Å². The minimum atomic E-state index is -1.94. The average molecular weight is 546 g/mol. The molecule has 4 nitrogen and oxygen atoms in total. The minimum Gasteiger partial charge on any atom is -0.359 e. The van der Waals surface area contributed by atoms with Gasteiger partial charge in [-0.2, -0.15) is 0 Å². The zero-order valence-electron chi connectivity index (χ0n) is 22.3. The van der Waals surface area contributed by atoms with E-state index in [-0.39, 0.29) is 45.5 Å². The molecular weight excluding hydrogens is 504 g/mol. The number of hydrogen-bond acceptors (Lipinski definition) is 4. The Kier molecular flexibility index (Phi) is 4.77. The van der Waals surface area contributed by atoms with Crippen molar-refractivity contribution in [3.63, 3.8) is 0 Å². The summed E-state index contributed by atoms with van der Waals surface area (Å²) in [5.41, 5.74) is -1.27. The first kappa shape index (κ1) is 24.6. The van der Waals surface area contributed by atoms with Gasteiger partial charge in [0.25, 0.3) is 0 Å². The normalized spacial score (nSPS) is 53.3. The number of aliphatic hydroxyl groups is 1. The molecule has 6 aliphatic carbocycles. The van der Waals surface area contributed by atoms with Gasteiger partial charge in [-0.05, 0) is 82.5 Å². The predicted molar refractivity (Wildman–Crippen MR) is 139 cm³/mol. The SMILES string of the molecule is CC(C)=C[C@@H]1[C@H]2C(C)=CC[C@]34CC[C@H]5C(C)(C)CC[C@H](Br)[C@]56C[C@]23[C@@](O)(O6)C(=O)[C@@]1(C(C)C)C4=O. The molecule has 1 saturated heterocycles. The van der Waals surface area contributed by atoms with Gasteiger partial charge in [0.05, 0.1) is 11.0 Å². The van der Waals surface area contributed by atoms with Crippen LogP contribution in [0.4, 0.5) is 0 Å². The molecule has 5 bridgehead atoms. The smallest absolute Gasteiger partial charge is 0.235 e. The number of ketones is 2. The zero-order valence-corrected chi connectivity index (χ0v) is 23.9. The molecule has 192 valence electrons. The van der Waals surface area contributed by atoms with E-state index >= 15 is 4.79 Å². The van der Waals surface area contributed by atoms with Crippen LogP contribution in [-0.4, -0.2) is 32.9 Å². The molecule has 35 heavy (non-hydrogen) atoms. The first-order valence-electron chi connectivity index (χ1n) is 13.7. The second-order valence-electron chi connectivity index (χ2n) is 14.1. The molecule has 1 N–H and O–H groups in total. The molecule has 7 rings (SSSR count). The Morgan fingerprint density at radius 3 is 2.49 bits per heavy atom. The van der Waals surface area contributed by atoms with Gasteiger partial charge in [-0.25, -0.2) is 0 Å². The van der Waals surface area contributed by atoms with E-state index in [4.69, 9.17) is 4.74 Å². The molecule has 0 unspecified atom stereocenters. The standard InChI is InChI=1S/C30H41BrO4/c1-16(2)14-19-22-18(5)8-12-26-13-9-20-25(6,7)11-10-21(31)27(20)15-28(22,26)30(34,35-27)24(33)29(19,17(3)4)23(26)32/h8,14,17,19-22,34H,9-13,15H2,1-7H3/t19-,20+,21+,22-,26-,27+,28+,29-,30+/m1/s1. The summed E-state index contributed by atoms with van der Waals surface area (Å²) >= 11 is 4.02. The summed E-state index contributed by atoms with van der Waals surface area (Å²) in [5, 5.41) is 12.8. The fourth-order valence-corrected chi connectivity index (χ4v) is 11.5. The molecule has 0 aromatic rings. The molecule has 7 aliphatic rings. The van der Waals surface area contributed by atoms with E-state index < -0.39 is 27.6 Å². The Hall–Kier alpha value is -0.780. The van der Waals surface area contributed by atoms with E-state index in [1.807, 2.05) is 13.8 Å². The predicted octanol–water partition coefficient (Wildman–Crippen LogP) is 6.16. The van der Waals surface area contributed by atoms with Crippen LogP contribution in [0, 0.1) is 45.3 Å². The third-order valence-corrected chi connectivity index (χ3v) is 13.1. The van der Waals surface area contributed by atoms with Gasteiger partial charge < -0.3 is 9.84 Å². The molecule has 1 aliphatic heterocycles. The number of ether oxygens (including phenoxy) is 1. The zero-order chi connectivity index (χ0) is 25.6. The molecule has 0 aromatic heterocycles. The van der Waals surface area contributed by atoms with E-state index in [1.165, 1.54) is 5.57 Å². The molecular formula is C30H41BrO4. The van der Waals surface area contributed by atoms with Gasteiger partial charge in [-0.1, -0.05) is 66.9 Å². The van der Waals surface area contributed by atoms with Crippen LogP contribution >= 0.6 is 15.9 Å². The van der Waals surface area contributed by atoms with Crippen LogP contribution in [0.15, 0.2) is 23.3 Å². The van der Waals surface area contributed by atoms with Crippen molar-refractivity contribution in [3.8, 4) is 0 Å². The molecule has 0 aromatic carbocycles. The van der Waals surface area contributed by atoms with Gasteiger partial charge in [0.2, 0.25) is 11.6 Å². The number of hydrogen-bond donors (Lipinski definition) is 1. The van der Waals surface area contributed by atoms with Gasteiger partial charge in [0.1, 0.15) is 5.41 Å². The van der Waals surface area contributed by atoms with Crippen molar-refractivity contribution < 1.29 is 19.4 Å². The van der Waals surface area contributed by atoms with Crippen LogP contribution < -0.4 is 0 Å². The molecule has 9 atom stereocenters. The van der Waals surface area contributed by atoms with Crippen molar-refractivity contribution in [3.05, 3.63) is 23.3 Å². The molecule has 0 radical (unpaired) electrons. The fraction of sp³-hybridized carbons (Fsp3) is 0.800. The topological polar surface area (TPSA) is 63.6 Å². The van der Waals surface area contributed by atoms with Gasteiger partial charge in [0.15, 0.2) is 5.78 Å². The maximum atomic E-state index is 15.1. The third kappa shape index (κ3) is 2.28. The average Bonchev–Trinajstić information content (AvgIpc) is 2.93. The number of carbonyl (C=O) groups is 2. The summed E-state index contributed by atoms with van der Waals surface area (Å²) in [6.07, 6.45) is 9.27. The second-order valence-corrected chi connectivity index (χ2v) is 15.2. The van der Waals surface area contributed by atoms with Crippen LogP contribution in [0.2, 0.25) is 0 Å². The lowest BCUT2D eigenvalue weighted by molar-refractivity contribution is -0.327. The summed E-state index contributed by atoms with van der Waals surface area (Å²) in [6.45, 7) is 14.9. The Labute approximate surface area is 218 Å². The number of carbonyl (C=O) groups excluding carboxylic acids is 2. The van der Waals surface area contributed by atoms with Crippen LogP contribution in [0.5, 0.6) is 0 Å². The highest BCUT2D eigenvalue weighted by molar-refractivity contribution is 9.09. The Morgan fingerprint density at radius 2 is 1.86 bits per heavy atom. The molecule has 6 fully saturated rings. The van der Waals surface area contributed by atoms with Gasteiger partial charge in [0, 0.05) is 16.2 Å². The van der Waals surface area contributed by atoms with E-state index in [0.29, 0.717) is 12.8 Å². The molecule has 1 heterocycles. The monoisotopic (exact) mass is 544 g/mol. The van der Waals surface area contributed by atoms with E-state index in [1.54, 1.807) is 0 Å². The molecule has 5 saturated carbocycles. The van der Waals surface area contributed by atoms with E-state index in [2.05, 4.69) is 62.7 Å². The van der Waals surface area contributed by atoms with Crippen molar-refractivity contribution in [1.29, 1.82) is 0 Å². The molecule has 5 heteroatoms. The summed E-state index contributed by atoms with van der Waals surface area (Å²) < 4.78 is 7.02. The van der Waals surface area contributed by atoms with E-state index in [9.17, 15) is 9.90 Å². The quantitative estimate of drug-likeness (QED) is 0.257. The Morgan fingerprint density at radius 1 is 1.17 bits per heavy atom. The van der Waals surface area contributed by atoms with Crippen LogP contribution in [-0.2, 0) is 14.3 Å². The summed E-state index contributed by atoms with van der Waals surface area (Å²) in [7, 11) is 0. The van der Waals surface area contributed by atoms with E-state index in [0.717, 1.165) is 31.3 Å². The van der Waals surface area contributed by atoms with Gasteiger partial charge in [-0.3, -0.25) is 9.59 Å². The lowest BCUT2D eigenvalue weighted by Crippen LogP contribution is -2.84. The van der Waals surface area contributed by atoms with Crippen LogP contribution in [0.25, 0.3) is 0 Å². The summed E-state index contributed by atoms with van der Waals surface area (Å²) in [4.78, 5) is 29.9. The maximum Gasteiger partial charge on any atom is 0.235 e. The third-order valence-electron chi connectivity index (χ3n) is 11.9. The number of alkyl halides is 1. The van der Waals surface area contributed by atoms with Crippen molar-refractivity contribution in [2.45, 2.75) is 103 Å². The number of allylic oxidation sites excluding steroid dienone is 4. The second kappa shape index (κ2) is 6.80. The maximum absolute atomic E-state index is 15.1.